The van der Waals surface area contributed by atoms with E-state index >= 15 is 0 Å². The predicted molar refractivity (Wildman–Crippen MR) is 108 cm³/mol. The molecule has 0 saturated carbocycles. The Hall–Kier alpha value is -3.30. The van der Waals surface area contributed by atoms with Gasteiger partial charge in [0.1, 0.15) is 5.69 Å². The summed E-state index contributed by atoms with van der Waals surface area (Å²) in [4.78, 5) is 36.1. The van der Waals surface area contributed by atoms with Crippen LogP contribution in [0.5, 0.6) is 0 Å². The van der Waals surface area contributed by atoms with Crippen molar-refractivity contribution in [3.05, 3.63) is 58.1 Å². The van der Waals surface area contributed by atoms with Gasteiger partial charge in [0.2, 0.25) is 0 Å². The van der Waals surface area contributed by atoms with Crippen LogP contribution in [0.4, 0.5) is 22.7 Å². The number of quaternary nitrogens is 1. The van der Waals surface area contributed by atoms with Crippen molar-refractivity contribution in [1.82, 2.24) is 4.65 Å². The fraction of sp³-hybridized carbons (Fsp3) is 0.300. The lowest BCUT2D eigenvalue weighted by molar-refractivity contribution is -0.482. The number of fused-ring (bicyclic) bond motifs is 1. The highest BCUT2D eigenvalue weighted by Gasteiger charge is 2.48. The summed E-state index contributed by atoms with van der Waals surface area (Å²) < 4.78 is -0.244. The van der Waals surface area contributed by atoms with Crippen LogP contribution in [0.15, 0.2) is 42.5 Å². The Bertz CT molecular complexity index is 1010. The van der Waals surface area contributed by atoms with Crippen LogP contribution in [0.3, 0.4) is 0 Å². The van der Waals surface area contributed by atoms with Gasteiger partial charge in [-0.3, -0.25) is 0 Å². The van der Waals surface area contributed by atoms with Gasteiger partial charge in [0.25, 0.3) is 6.54 Å². The molecule has 2 heterocycles. The number of piperidine rings is 1. The second-order valence-corrected chi connectivity index (χ2v) is 7.49. The number of rotatable bonds is 4. The van der Waals surface area contributed by atoms with Crippen molar-refractivity contribution >= 4 is 34.6 Å². The lowest BCUT2D eigenvalue weighted by Crippen LogP contribution is -2.58. The van der Waals surface area contributed by atoms with Gasteiger partial charge in [-0.25, -0.2) is 9.59 Å². The largest absolute Gasteiger partial charge is 0.626 e. The molecule has 2 N–H and O–H groups in total. The van der Waals surface area contributed by atoms with Crippen LogP contribution in [0.2, 0.25) is 0 Å². The molecule has 150 valence electrons. The maximum atomic E-state index is 13.7. The van der Waals surface area contributed by atoms with Crippen LogP contribution in [-0.2, 0) is 4.79 Å². The Kier molecular flexibility index (Phi) is 4.56. The van der Waals surface area contributed by atoms with Gasteiger partial charge in [-0.15, -0.1) is 0 Å². The van der Waals surface area contributed by atoms with Crippen molar-refractivity contribution in [3.63, 3.8) is 0 Å². The van der Waals surface area contributed by atoms with Crippen LogP contribution in [-0.4, -0.2) is 48.0 Å². The highest BCUT2D eigenvalue weighted by Crippen LogP contribution is 2.44. The molecule has 0 spiro atoms. The van der Waals surface area contributed by atoms with Crippen LogP contribution < -0.4 is 14.9 Å². The molecule has 2 aromatic carbocycles. The van der Waals surface area contributed by atoms with E-state index in [0.717, 1.165) is 17.1 Å². The van der Waals surface area contributed by atoms with Crippen molar-refractivity contribution in [1.29, 1.82) is 0 Å². The van der Waals surface area contributed by atoms with E-state index in [9.17, 15) is 19.7 Å². The molecular formula is C20H21N4O5+. The number of carboxylic acid groups (broad SMARTS) is 1. The molecule has 1 fully saturated rings. The van der Waals surface area contributed by atoms with Gasteiger partial charge in [0.15, 0.2) is 18.4 Å². The third kappa shape index (κ3) is 3.34. The second kappa shape index (κ2) is 6.94. The lowest BCUT2D eigenvalue weighted by Gasteiger charge is -2.43. The minimum atomic E-state index is -0.985. The molecule has 2 aliphatic rings. The molecule has 2 aliphatic heterocycles. The number of carbonyl (C=O) groups is 2. The van der Waals surface area contributed by atoms with E-state index in [1.807, 2.05) is 18.0 Å². The summed E-state index contributed by atoms with van der Waals surface area (Å²) in [5.41, 5.74) is 3.03. The van der Waals surface area contributed by atoms with Crippen LogP contribution >= 0.6 is 0 Å². The summed E-state index contributed by atoms with van der Waals surface area (Å²) in [6.07, 6.45) is 0.492. The van der Waals surface area contributed by atoms with E-state index in [4.69, 9.17) is 5.11 Å². The van der Waals surface area contributed by atoms with Crippen LogP contribution in [0.25, 0.3) is 0 Å². The van der Waals surface area contributed by atoms with Gasteiger partial charge < -0.3 is 25.2 Å². The SMILES string of the molecule is CN1C[N+]([O-])(C2CCC(=O)[N+](=O)C2)c2ccc(Nc3ccc(C(=O)O)cc3)cc21. The second-order valence-electron chi connectivity index (χ2n) is 7.49. The number of hydroxylamine groups is 2. The molecule has 9 heteroatoms. The van der Waals surface area contributed by atoms with Gasteiger partial charge in [-0.1, -0.05) is 0 Å². The van der Waals surface area contributed by atoms with Crippen LogP contribution in [0, 0.1) is 10.1 Å². The number of anilines is 3. The van der Waals surface area contributed by atoms with Gasteiger partial charge in [0, 0.05) is 35.8 Å². The van der Waals surface area contributed by atoms with E-state index < -0.39 is 22.6 Å². The minimum absolute atomic E-state index is 0.0917. The van der Waals surface area contributed by atoms with Crippen LogP contribution in [0.1, 0.15) is 23.2 Å². The van der Waals surface area contributed by atoms with Crippen molar-refractivity contribution in [2.24, 2.45) is 0 Å². The van der Waals surface area contributed by atoms with Crippen molar-refractivity contribution in [2.45, 2.75) is 18.9 Å². The number of carboxylic acids is 1. The number of nitrogens with one attached hydrogen (secondary N) is 1. The highest BCUT2D eigenvalue weighted by molar-refractivity contribution is 5.88. The first-order valence-electron chi connectivity index (χ1n) is 9.30. The highest BCUT2D eigenvalue weighted by atomic mass is 16.6. The van der Waals surface area contributed by atoms with Gasteiger partial charge in [-0.05, 0) is 36.4 Å². The summed E-state index contributed by atoms with van der Waals surface area (Å²) in [7, 11) is 1.82. The molecular weight excluding hydrogens is 376 g/mol. The monoisotopic (exact) mass is 397 g/mol. The summed E-state index contributed by atoms with van der Waals surface area (Å²) in [5.74, 6) is -1.45. The molecule has 9 nitrogen and oxygen atoms in total. The van der Waals surface area contributed by atoms with Gasteiger partial charge >= 0.3 is 11.9 Å². The number of nitroso groups, excluding NO2 is 1. The maximum Gasteiger partial charge on any atom is 0.433 e. The molecule has 0 aliphatic carbocycles. The summed E-state index contributed by atoms with van der Waals surface area (Å²) in [6.45, 7) is 0.0876. The first-order chi connectivity index (χ1) is 13.8. The minimum Gasteiger partial charge on any atom is -0.626 e. The zero-order chi connectivity index (χ0) is 20.8. The van der Waals surface area contributed by atoms with E-state index in [0.29, 0.717) is 16.9 Å². The molecule has 0 radical (unpaired) electrons. The van der Waals surface area contributed by atoms with Crippen molar-refractivity contribution < 1.29 is 19.5 Å². The average Bonchev–Trinajstić information content (AvgIpc) is 2.95. The number of amides is 1. The average molecular weight is 397 g/mol. The molecule has 0 aromatic heterocycles. The van der Waals surface area contributed by atoms with Crippen molar-refractivity contribution in [2.75, 3.05) is 30.5 Å². The first-order valence-corrected chi connectivity index (χ1v) is 9.30. The standard InChI is InChI=1S/C20H20N4O5/c1-22-12-24(29,16-7-9-19(25)23(28)11-16)18-8-6-15(10-17(18)22)21-14-4-2-13(3-5-14)20(26)27/h2-6,8,10,16,21H,7,9,11-12H2,1H3/p+1. The molecule has 2 unspecified atom stereocenters. The zero-order valence-corrected chi connectivity index (χ0v) is 15.9. The Morgan fingerprint density at radius 2 is 1.93 bits per heavy atom. The summed E-state index contributed by atoms with van der Waals surface area (Å²) >= 11 is 0. The number of nitrogens with zero attached hydrogens (tertiary/aromatic N) is 3. The van der Waals surface area contributed by atoms with Crippen molar-refractivity contribution in [3.8, 4) is 0 Å². The Morgan fingerprint density at radius 3 is 2.59 bits per heavy atom. The zero-order valence-electron chi connectivity index (χ0n) is 15.9. The topological polar surface area (TPSA) is 113 Å². The number of hydrogen-bond acceptors (Lipinski definition) is 6. The number of carbonyl (C=O) groups excluding carboxylic acids is 1. The Balaban J connectivity index is 1.58. The van der Waals surface area contributed by atoms with E-state index in [1.54, 1.807) is 24.3 Å². The fourth-order valence-corrected chi connectivity index (χ4v) is 4.01. The molecule has 29 heavy (non-hydrogen) atoms. The van der Waals surface area contributed by atoms with E-state index in [1.165, 1.54) is 12.1 Å². The smallest absolute Gasteiger partial charge is 0.433 e. The molecule has 2 aromatic rings. The Labute approximate surface area is 166 Å². The normalized spacial score (nSPS) is 23.8. The number of hydrogen-bond donors (Lipinski definition) is 2. The third-order valence-electron chi connectivity index (χ3n) is 5.57. The summed E-state index contributed by atoms with van der Waals surface area (Å²) in [6, 6.07) is 11.3. The summed E-state index contributed by atoms with van der Waals surface area (Å²) in [5, 5.41) is 25.9. The van der Waals surface area contributed by atoms with Gasteiger partial charge in [0.05, 0.1) is 16.7 Å². The fourth-order valence-electron chi connectivity index (χ4n) is 4.01. The quantitative estimate of drug-likeness (QED) is 0.463. The first kappa shape index (κ1) is 19.0. The molecule has 1 saturated heterocycles. The Morgan fingerprint density at radius 1 is 1.24 bits per heavy atom. The van der Waals surface area contributed by atoms with E-state index in [-0.39, 0.29) is 25.2 Å². The molecule has 4 rings (SSSR count). The lowest BCUT2D eigenvalue weighted by atomic mass is 10.0. The maximum absolute atomic E-state index is 13.7. The number of benzene rings is 2. The predicted octanol–water partition coefficient (Wildman–Crippen LogP) is 2.81. The van der Waals surface area contributed by atoms with Gasteiger partial charge in [-0.2, -0.15) is 0 Å². The molecule has 1 amide bonds. The van der Waals surface area contributed by atoms with E-state index in [2.05, 4.69) is 5.32 Å². The third-order valence-corrected chi connectivity index (χ3v) is 5.57. The molecule has 0 bridgehead atoms. The molecule has 2 atom stereocenters. The number of aromatic carboxylic acids is 1.